The Kier molecular flexibility index (Phi) is 4.43. The second-order valence-corrected chi connectivity index (χ2v) is 3.73. The zero-order valence-corrected chi connectivity index (χ0v) is 9.66. The van der Waals surface area contributed by atoms with E-state index >= 15 is 0 Å². The number of carbonyl (C=O) groups excluding carboxylic acids is 1. The topological polar surface area (TPSA) is 150 Å². The monoisotopic (exact) mass is 268 g/mol. The van der Waals surface area contributed by atoms with Crippen molar-refractivity contribution in [1.82, 2.24) is 0 Å². The zero-order valence-electron chi connectivity index (χ0n) is 9.66. The summed E-state index contributed by atoms with van der Waals surface area (Å²) in [5.41, 5.74) is 5.04. The van der Waals surface area contributed by atoms with E-state index in [1.165, 1.54) is 0 Å². The van der Waals surface area contributed by atoms with E-state index in [4.69, 9.17) is 15.9 Å². The van der Waals surface area contributed by atoms with Crippen molar-refractivity contribution in [1.29, 1.82) is 0 Å². The third-order valence-corrected chi connectivity index (χ3v) is 2.23. The number of carbonyl (C=O) groups is 3. The fourth-order valence-corrected chi connectivity index (χ4v) is 1.28. The van der Waals surface area contributed by atoms with Crippen LogP contribution in [0.5, 0.6) is 5.75 Å². The summed E-state index contributed by atoms with van der Waals surface area (Å²) in [6, 6.07) is 2.00. The lowest BCUT2D eigenvalue weighted by atomic mass is 10.1. The molecule has 0 saturated heterocycles. The van der Waals surface area contributed by atoms with E-state index in [1.807, 2.05) is 0 Å². The maximum Gasteiger partial charge on any atom is 0.335 e. The number of benzene rings is 1. The van der Waals surface area contributed by atoms with E-state index in [9.17, 15) is 19.5 Å². The van der Waals surface area contributed by atoms with Crippen LogP contribution in [0.1, 0.15) is 16.8 Å². The van der Waals surface area contributed by atoms with Crippen LogP contribution in [-0.4, -0.2) is 39.2 Å². The number of rotatable bonds is 5. The van der Waals surface area contributed by atoms with Crippen molar-refractivity contribution in [3.63, 3.8) is 0 Å². The van der Waals surface area contributed by atoms with Gasteiger partial charge in [-0.3, -0.25) is 9.59 Å². The maximum absolute atomic E-state index is 11.5. The first-order valence-electron chi connectivity index (χ1n) is 5.16. The number of carboxylic acids is 2. The van der Waals surface area contributed by atoms with Gasteiger partial charge in [-0.1, -0.05) is 0 Å². The third kappa shape index (κ3) is 3.96. The third-order valence-electron chi connectivity index (χ3n) is 2.23. The van der Waals surface area contributed by atoms with E-state index < -0.39 is 30.3 Å². The van der Waals surface area contributed by atoms with Crippen LogP contribution < -0.4 is 11.1 Å². The molecule has 0 spiro atoms. The minimum absolute atomic E-state index is 0.139. The van der Waals surface area contributed by atoms with Crippen molar-refractivity contribution in [2.24, 2.45) is 5.73 Å². The molecule has 1 aromatic carbocycles. The van der Waals surface area contributed by atoms with Crippen LogP contribution in [-0.2, 0) is 9.59 Å². The summed E-state index contributed by atoms with van der Waals surface area (Å²) < 4.78 is 0. The fourth-order valence-electron chi connectivity index (χ4n) is 1.28. The average Bonchev–Trinajstić information content (AvgIpc) is 2.30. The van der Waals surface area contributed by atoms with Gasteiger partial charge < -0.3 is 26.4 Å². The molecule has 6 N–H and O–H groups in total. The molecule has 102 valence electrons. The lowest BCUT2D eigenvalue weighted by Crippen LogP contribution is -2.37. The standard InChI is InChI=1S/C11H12N2O6/c12-6(4-9(15)16)10(17)13-7-3-5(11(18)19)1-2-8(7)14/h1-3,6,14H,4,12H2,(H,13,17)(H,15,16)(H,18,19). The van der Waals surface area contributed by atoms with E-state index in [-0.39, 0.29) is 17.0 Å². The highest BCUT2D eigenvalue weighted by Gasteiger charge is 2.18. The molecule has 0 heterocycles. The van der Waals surface area contributed by atoms with Gasteiger partial charge in [-0.05, 0) is 18.2 Å². The Morgan fingerprint density at radius 2 is 1.89 bits per heavy atom. The van der Waals surface area contributed by atoms with E-state index in [0.29, 0.717) is 0 Å². The van der Waals surface area contributed by atoms with Crippen LogP contribution in [0.4, 0.5) is 5.69 Å². The molecular formula is C11H12N2O6. The number of nitrogens with two attached hydrogens (primary N) is 1. The predicted molar refractivity (Wildman–Crippen MR) is 63.9 cm³/mol. The highest BCUT2D eigenvalue weighted by atomic mass is 16.4. The first kappa shape index (κ1) is 14.5. The first-order valence-corrected chi connectivity index (χ1v) is 5.16. The molecule has 1 aromatic rings. The van der Waals surface area contributed by atoms with Crippen molar-refractivity contribution in [3.05, 3.63) is 23.8 Å². The lowest BCUT2D eigenvalue weighted by molar-refractivity contribution is -0.138. The number of aliphatic carboxylic acids is 1. The fraction of sp³-hybridized carbons (Fsp3) is 0.182. The van der Waals surface area contributed by atoms with Crippen LogP contribution >= 0.6 is 0 Å². The van der Waals surface area contributed by atoms with Gasteiger partial charge in [0.1, 0.15) is 5.75 Å². The predicted octanol–water partition coefficient (Wildman–Crippen LogP) is -0.169. The summed E-state index contributed by atoms with van der Waals surface area (Å²) in [7, 11) is 0. The van der Waals surface area contributed by atoms with Crippen LogP contribution in [0.2, 0.25) is 0 Å². The van der Waals surface area contributed by atoms with Gasteiger partial charge >= 0.3 is 11.9 Å². The van der Waals surface area contributed by atoms with Crippen LogP contribution in [0.3, 0.4) is 0 Å². The summed E-state index contributed by atoms with van der Waals surface area (Å²) in [5.74, 6) is -3.65. The molecule has 19 heavy (non-hydrogen) atoms. The molecule has 0 bridgehead atoms. The van der Waals surface area contributed by atoms with Crippen LogP contribution in [0, 0.1) is 0 Å². The second-order valence-electron chi connectivity index (χ2n) is 3.73. The molecule has 0 fully saturated rings. The minimum Gasteiger partial charge on any atom is -0.506 e. The number of hydrogen-bond acceptors (Lipinski definition) is 5. The van der Waals surface area contributed by atoms with Gasteiger partial charge in [0, 0.05) is 0 Å². The smallest absolute Gasteiger partial charge is 0.335 e. The number of amides is 1. The van der Waals surface area contributed by atoms with Gasteiger partial charge in [0.2, 0.25) is 5.91 Å². The zero-order chi connectivity index (χ0) is 14.6. The van der Waals surface area contributed by atoms with Gasteiger partial charge in [0.05, 0.1) is 23.7 Å². The number of nitrogens with one attached hydrogen (secondary N) is 1. The van der Waals surface area contributed by atoms with Crippen molar-refractivity contribution >= 4 is 23.5 Å². The quantitative estimate of drug-likeness (QED) is 0.465. The largest absolute Gasteiger partial charge is 0.506 e. The SMILES string of the molecule is NC(CC(=O)O)C(=O)Nc1cc(C(=O)O)ccc1O. The normalized spacial score (nSPS) is 11.6. The number of phenolic OH excluding ortho intramolecular Hbond substituents is 1. The number of hydrogen-bond donors (Lipinski definition) is 5. The second kappa shape index (κ2) is 5.83. The molecule has 0 aliphatic heterocycles. The number of carboxylic acid groups (broad SMARTS) is 2. The Morgan fingerprint density at radius 1 is 1.26 bits per heavy atom. The van der Waals surface area contributed by atoms with Crippen molar-refractivity contribution < 1.29 is 29.7 Å². The summed E-state index contributed by atoms with van der Waals surface area (Å²) in [6.07, 6.45) is -0.578. The van der Waals surface area contributed by atoms with Crippen LogP contribution in [0.15, 0.2) is 18.2 Å². The Labute approximate surface area is 107 Å². The highest BCUT2D eigenvalue weighted by Crippen LogP contribution is 2.24. The van der Waals surface area contributed by atoms with Gasteiger partial charge in [-0.15, -0.1) is 0 Å². The lowest BCUT2D eigenvalue weighted by Gasteiger charge is -2.11. The molecule has 8 nitrogen and oxygen atoms in total. The molecule has 0 aromatic heterocycles. The molecule has 8 heteroatoms. The molecule has 1 atom stereocenters. The molecule has 1 amide bonds. The molecule has 0 aliphatic rings. The summed E-state index contributed by atoms with van der Waals surface area (Å²) in [5, 5.41) is 28.9. The van der Waals surface area contributed by atoms with E-state index in [1.54, 1.807) is 0 Å². The van der Waals surface area contributed by atoms with Crippen molar-refractivity contribution in [2.75, 3.05) is 5.32 Å². The molecular weight excluding hydrogens is 256 g/mol. The van der Waals surface area contributed by atoms with Gasteiger partial charge in [0.15, 0.2) is 0 Å². The molecule has 0 aliphatic carbocycles. The first-order chi connectivity index (χ1) is 8.81. The van der Waals surface area contributed by atoms with Crippen molar-refractivity contribution in [3.8, 4) is 5.75 Å². The Bertz CT molecular complexity index is 528. The number of anilines is 1. The van der Waals surface area contributed by atoms with Gasteiger partial charge in [0.25, 0.3) is 0 Å². The Morgan fingerprint density at radius 3 is 2.42 bits per heavy atom. The Balaban J connectivity index is 2.86. The highest BCUT2D eigenvalue weighted by molar-refractivity contribution is 5.99. The van der Waals surface area contributed by atoms with Gasteiger partial charge in [-0.2, -0.15) is 0 Å². The maximum atomic E-state index is 11.5. The minimum atomic E-state index is -1.30. The number of phenols is 1. The van der Waals surface area contributed by atoms with E-state index in [0.717, 1.165) is 18.2 Å². The van der Waals surface area contributed by atoms with Crippen molar-refractivity contribution in [2.45, 2.75) is 12.5 Å². The molecule has 1 rings (SSSR count). The number of aromatic hydroxyl groups is 1. The molecule has 1 unspecified atom stereocenters. The Hall–Kier alpha value is -2.61. The summed E-state index contributed by atoms with van der Waals surface area (Å²) in [4.78, 5) is 32.6. The van der Waals surface area contributed by atoms with Crippen LogP contribution in [0.25, 0.3) is 0 Å². The summed E-state index contributed by atoms with van der Waals surface area (Å²) >= 11 is 0. The summed E-state index contributed by atoms with van der Waals surface area (Å²) in [6.45, 7) is 0. The van der Waals surface area contributed by atoms with E-state index in [2.05, 4.69) is 5.32 Å². The number of aromatic carboxylic acids is 1. The van der Waals surface area contributed by atoms with Gasteiger partial charge in [-0.25, -0.2) is 4.79 Å². The molecule has 0 radical (unpaired) electrons. The average molecular weight is 268 g/mol. The molecule has 0 saturated carbocycles.